The first-order valence-electron chi connectivity index (χ1n) is 7.74. The number of hydrogen-bond acceptors (Lipinski definition) is 5. The molecule has 5 nitrogen and oxygen atoms in total. The maximum atomic E-state index is 12.6. The predicted octanol–water partition coefficient (Wildman–Crippen LogP) is 1.17. The molecule has 0 aliphatic carbocycles. The second-order valence-electron chi connectivity index (χ2n) is 6.19. The van der Waals surface area contributed by atoms with Crippen LogP contribution in [0.3, 0.4) is 0 Å². The third-order valence-electron chi connectivity index (χ3n) is 4.89. The second-order valence-corrected chi connectivity index (χ2v) is 6.19. The van der Waals surface area contributed by atoms with E-state index in [1.54, 1.807) is 0 Å². The summed E-state index contributed by atoms with van der Waals surface area (Å²) in [7, 11) is 1.50. The lowest BCUT2D eigenvalue weighted by Gasteiger charge is -2.49. The molecule has 2 heterocycles. The van der Waals surface area contributed by atoms with E-state index in [1.165, 1.54) is 7.11 Å². The monoisotopic (exact) mass is 284 g/mol. The van der Waals surface area contributed by atoms with Gasteiger partial charge < -0.3 is 14.8 Å². The van der Waals surface area contributed by atoms with Crippen LogP contribution >= 0.6 is 0 Å². The van der Waals surface area contributed by atoms with E-state index in [0.29, 0.717) is 6.61 Å². The normalized spacial score (nSPS) is 36.4. The molecule has 0 saturated carbocycles. The van der Waals surface area contributed by atoms with Crippen LogP contribution in [0.5, 0.6) is 0 Å². The van der Waals surface area contributed by atoms with Crippen molar-refractivity contribution < 1.29 is 14.3 Å². The molecule has 2 atom stereocenters. The first-order valence-corrected chi connectivity index (χ1v) is 7.74. The molecule has 5 heteroatoms. The fourth-order valence-corrected chi connectivity index (χ4v) is 3.49. The molecule has 2 aliphatic rings. The Morgan fingerprint density at radius 3 is 2.90 bits per heavy atom. The van der Waals surface area contributed by atoms with Gasteiger partial charge in [0.2, 0.25) is 0 Å². The summed E-state index contributed by atoms with van der Waals surface area (Å²) in [5.41, 5.74) is -0.740. The third-order valence-corrected chi connectivity index (χ3v) is 4.89. The van der Waals surface area contributed by atoms with Crippen molar-refractivity contribution in [3.8, 4) is 0 Å². The number of nitrogens with zero attached hydrogens (tertiary/aromatic N) is 1. The Bertz CT molecular complexity index is 342. The molecule has 0 aromatic heterocycles. The van der Waals surface area contributed by atoms with Crippen LogP contribution in [0, 0.1) is 0 Å². The highest BCUT2D eigenvalue weighted by atomic mass is 16.5. The van der Waals surface area contributed by atoms with E-state index in [9.17, 15) is 4.79 Å². The second kappa shape index (κ2) is 6.41. The molecule has 2 aliphatic heterocycles. The van der Waals surface area contributed by atoms with E-state index >= 15 is 0 Å². The van der Waals surface area contributed by atoms with Crippen LogP contribution in [0.1, 0.15) is 39.5 Å². The number of rotatable bonds is 3. The molecule has 0 bridgehead atoms. The van der Waals surface area contributed by atoms with Gasteiger partial charge in [0.25, 0.3) is 0 Å². The third kappa shape index (κ3) is 3.00. The van der Waals surface area contributed by atoms with E-state index in [-0.39, 0.29) is 11.6 Å². The van der Waals surface area contributed by atoms with Gasteiger partial charge in [-0.1, -0.05) is 6.92 Å². The van der Waals surface area contributed by atoms with Gasteiger partial charge in [-0.15, -0.1) is 0 Å². The van der Waals surface area contributed by atoms with Gasteiger partial charge in [0, 0.05) is 32.7 Å². The minimum Gasteiger partial charge on any atom is -0.468 e. The van der Waals surface area contributed by atoms with Crippen LogP contribution in [0.15, 0.2) is 0 Å². The average molecular weight is 284 g/mol. The van der Waals surface area contributed by atoms with Crippen molar-refractivity contribution in [2.24, 2.45) is 0 Å². The van der Waals surface area contributed by atoms with Crippen molar-refractivity contribution in [1.29, 1.82) is 0 Å². The number of hydrogen-bond donors (Lipinski definition) is 1. The summed E-state index contributed by atoms with van der Waals surface area (Å²) in [6, 6.07) is 0. The van der Waals surface area contributed by atoms with Crippen LogP contribution < -0.4 is 5.32 Å². The number of methoxy groups -OCH3 is 1. The van der Waals surface area contributed by atoms with Crippen LogP contribution in [-0.4, -0.2) is 61.9 Å². The molecule has 2 unspecified atom stereocenters. The Balaban J connectivity index is 2.27. The summed E-state index contributed by atoms with van der Waals surface area (Å²) >= 11 is 0. The van der Waals surface area contributed by atoms with Crippen LogP contribution in [-0.2, 0) is 14.3 Å². The zero-order valence-electron chi connectivity index (χ0n) is 13.0. The van der Waals surface area contributed by atoms with Gasteiger partial charge in [0.05, 0.1) is 12.7 Å². The van der Waals surface area contributed by atoms with Crippen molar-refractivity contribution in [2.45, 2.75) is 50.7 Å². The lowest BCUT2D eigenvalue weighted by atomic mass is 9.77. The molecular formula is C15H28N2O3. The highest BCUT2D eigenvalue weighted by molar-refractivity contribution is 5.81. The molecule has 116 valence electrons. The zero-order chi connectivity index (χ0) is 14.6. The van der Waals surface area contributed by atoms with E-state index in [2.05, 4.69) is 24.1 Å². The van der Waals surface area contributed by atoms with Gasteiger partial charge in [-0.2, -0.15) is 0 Å². The quantitative estimate of drug-likeness (QED) is 0.789. The topological polar surface area (TPSA) is 50.8 Å². The number of carbonyl (C=O) groups is 1. The standard InChI is InChI=1S/C15H28N2O3/c1-4-14(2)12-15(6-11-20-14,13(18)19-3)17-9-5-7-16-8-10-17/h16H,4-12H2,1-3H3. The summed E-state index contributed by atoms with van der Waals surface area (Å²) < 4.78 is 11.1. The smallest absolute Gasteiger partial charge is 0.326 e. The summed E-state index contributed by atoms with van der Waals surface area (Å²) in [6.45, 7) is 8.66. The van der Waals surface area contributed by atoms with Crippen LogP contribution in [0.2, 0.25) is 0 Å². The Morgan fingerprint density at radius 2 is 2.20 bits per heavy atom. The van der Waals surface area contributed by atoms with Crippen molar-refractivity contribution in [2.75, 3.05) is 39.9 Å². The minimum absolute atomic E-state index is 0.0950. The summed E-state index contributed by atoms with van der Waals surface area (Å²) in [5, 5.41) is 3.40. The van der Waals surface area contributed by atoms with Gasteiger partial charge in [-0.3, -0.25) is 9.69 Å². The summed E-state index contributed by atoms with van der Waals surface area (Å²) in [6.07, 6.45) is 3.44. The van der Waals surface area contributed by atoms with Crippen molar-refractivity contribution in [3.05, 3.63) is 0 Å². The fourth-order valence-electron chi connectivity index (χ4n) is 3.49. The summed E-state index contributed by atoms with van der Waals surface area (Å²) in [5.74, 6) is -0.0950. The van der Waals surface area contributed by atoms with Gasteiger partial charge in [-0.25, -0.2) is 0 Å². The van der Waals surface area contributed by atoms with Crippen LogP contribution in [0.4, 0.5) is 0 Å². The largest absolute Gasteiger partial charge is 0.468 e. The first kappa shape index (κ1) is 15.7. The Kier molecular flexibility index (Phi) is 5.04. The SMILES string of the molecule is CCC1(C)CC(C(=O)OC)(N2CCCNCC2)CCO1. The number of ether oxygens (including phenoxy) is 2. The number of carbonyl (C=O) groups excluding carboxylic acids is 1. The van der Waals surface area contributed by atoms with E-state index in [1.807, 2.05) is 0 Å². The lowest BCUT2D eigenvalue weighted by Crippen LogP contribution is -2.62. The Labute approximate surface area is 122 Å². The molecule has 0 amide bonds. The zero-order valence-corrected chi connectivity index (χ0v) is 13.0. The summed E-state index contributed by atoms with van der Waals surface area (Å²) in [4.78, 5) is 14.9. The highest BCUT2D eigenvalue weighted by Gasteiger charge is 2.52. The number of nitrogens with one attached hydrogen (secondary N) is 1. The fraction of sp³-hybridized carbons (Fsp3) is 0.933. The molecular weight excluding hydrogens is 256 g/mol. The molecule has 0 spiro atoms. The first-order chi connectivity index (χ1) is 9.56. The molecule has 0 aromatic rings. The predicted molar refractivity (Wildman–Crippen MR) is 77.7 cm³/mol. The van der Waals surface area contributed by atoms with Crippen molar-refractivity contribution >= 4 is 5.97 Å². The average Bonchev–Trinajstić information content (AvgIpc) is 2.75. The molecule has 2 fully saturated rings. The molecule has 1 N–H and O–H groups in total. The Morgan fingerprint density at radius 1 is 1.40 bits per heavy atom. The van der Waals surface area contributed by atoms with E-state index in [0.717, 1.165) is 51.9 Å². The van der Waals surface area contributed by atoms with Crippen molar-refractivity contribution in [3.63, 3.8) is 0 Å². The van der Waals surface area contributed by atoms with Gasteiger partial charge in [-0.05, 0) is 32.7 Å². The van der Waals surface area contributed by atoms with Gasteiger partial charge in [0.1, 0.15) is 5.54 Å². The molecule has 20 heavy (non-hydrogen) atoms. The van der Waals surface area contributed by atoms with Gasteiger partial charge >= 0.3 is 5.97 Å². The molecule has 0 radical (unpaired) electrons. The molecule has 0 aromatic carbocycles. The highest BCUT2D eigenvalue weighted by Crippen LogP contribution is 2.39. The Hall–Kier alpha value is -0.650. The number of esters is 1. The maximum absolute atomic E-state index is 12.6. The van der Waals surface area contributed by atoms with Crippen molar-refractivity contribution in [1.82, 2.24) is 10.2 Å². The molecule has 2 rings (SSSR count). The van der Waals surface area contributed by atoms with Gasteiger partial charge in [0.15, 0.2) is 0 Å². The lowest BCUT2D eigenvalue weighted by molar-refractivity contribution is -0.178. The van der Waals surface area contributed by atoms with E-state index < -0.39 is 5.54 Å². The minimum atomic E-state index is -0.510. The van der Waals surface area contributed by atoms with Crippen LogP contribution in [0.25, 0.3) is 0 Å². The molecule has 2 saturated heterocycles. The van der Waals surface area contributed by atoms with E-state index in [4.69, 9.17) is 9.47 Å². The maximum Gasteiger partial charge on any atom is 0.326 e.